The van der Waals surface area contributed by atoms with E-state index >= 15 is 0 Å². The zero-order valence-electron chi connectivity index (χ0n) is 9.66. The summed E-state index contributed by atoms with van der Waals surface area (Å²) in [7, 11) is 0. The Kier molecular flexibility index (Phi) is 2.97. The number of hydrogen-bond acceptors (Lipinski definition) is 2. The Morgan fingerprint density at radius 1 is 1.25 bits per heavy atom. The van der Waals surface area contributed by atoms with E-state index in [-0.39, 0.29) is 11.8 Å². The minimum Gasteiger partial charge on any atom is -0.481 e. The van der Waals surface area contributed by atoms with Crippen molar-refractivity contribution in [3.05, 3.63) is 34.9 Å². The van der Waals surface area contributed by atoms with Gasteiger partial charge < -0.3 is 10.4 Å². The monoisotopic (exact) mass is 219 g/mol. The molecule has 86 valence electrons. The van der Waals surface area contributed by atoms with Crippen LogP contribution in [0.3, 0.4) is 0 Å². The van der Waals surface area contributed by atoms with Crippen LogP contribution in [0.4, 0.5) is 0 Å². The quantitative estimate of drug-likeness (QED) is 0.795. The van der Waals surface area contributed by atoms with E-state index in [1.807, 2.05) is 0 Å². The highest BCUT2D eigenvalue weighted by Crippen LogP contribution is 2.29. The summed E-state index contributed by atoms with van der Waals surface area (Å²) < 4.78 is 0. The van der Waals surface area contributed by atoms with E-state index in [9.17, 15) is 4.79 Å². The summed E-state index contributed by atoms with van der Waals surface area (Å²) in [6.45, 7) is 5.44. The average Bonchev–Trinajstić information content (AvgIpc) is 2.63. The lowest BCUT2D eigenvalue weighted by Crippen LogP contribution is -2.21. The molecule has 1 aliphatic rings. The molecule has 1 fully saturated rings. The summed E-state index contributed by atoms with van der Waals surface area (Å²) in [4.78, 5) is 11.1. The van der Waals surface area contributed by atoms with Crippen molar-refractivity contribution < 1.29 is 9.90 Å². The zero-order chi connectivity index (χ0) is 11.7. The molecule has 0 aromatic heterocycles. The topological polar surface area (TPSA) is 49.3 Å². The SMILES string of the molecule is Cc1cc(C)cc([C@@H]2CNC[C@H]2C(=O)O)c1. The first-order chi connectivity index (χ1) is 7.58. The minimum atomic E-state index is -0.700. The van der Waals surface area contributed by atoms with Crippen molar-refractivity contribution in [2.24, 2.45) is 5.92 Å². The smallest absolute Gasteiger partial charge is 0.308 e. The van der Waals surface area contributed by atoms with Crippen LogP contribution in [-0.4, -0.2) is 24.2 Å². The van der Waals surface area contributed by atoms with Crippen molar-refractivity contribution in [3.8, 4) is 0 Å². The van der Waals surface area contributed by atoms with E-state index in [1.54, 1.807) is 0 Å². The lowest BCUT2D eigenvalue weighted by Gasteiger charge is -2.16. The molecule has 0 spiro atoms. The molecule has 0 bridgehead atoms. The molecular formula is C13H17NO2. The Balaban J connectivity index is 2.32. The number of aliphatic carboxylic acids is 1. The summed E-state index contributed by atoms with van der Waals surface area (Å²) in [6.07, 6.45) is 0. The summed E-state index contributed by atoms with van der Waals surface area (Å²) in [6, 6.07) is 6.31. The standard InChI is InChI=1S/C13H17NO2/c1-8-3-9(2)5-10(4-8)11-6-14-7-12(11)13(15)16/h3-5,11-12,14H,6-7H2,1-2H3,(H,15,16)/t11-,12+/m0/s1. The molecule has 1 aromatic rings. The fourth-order valence-electron chi connectivity index (χ4n) is 2.51. The number of carbonyl (C=O) groups is 1. The van der Waals surface area contributed by atoms with E-state index in [0.717, 1.165) is 12.1 Å². The number of carboxylic acid groups (broad SMARTS) is 1. The van der Waals surface area contributed by atoms with Crippen LogP contribution in [0.25, 0.3) is 0 Å². The summed E-state index contributed by atoms with van der Waals surface area (Å²) in [5.41, 5.74) is 3.55. The lowest BCUT2D eigenvalue weighted by molar-refractivity contribution is -0.141. The Hall–Kier alpha value is -1.35. The van der Waals surface area contributed by atoms with Gasteiger partial charge in [0.25, 0.3) is 0 Å². The first-order valence-electron chi connectivity index (χ1n) is 5.59. The molecule has 2 N–H and O–H groups in total. The van der Waals surface area contributed by atoms with Crippen molar-refractivity contribution in [1.82, 2.24) is 5.32 Å². The second-order valence-electron chi connectivity index (χ2n) is 4.63. The van der Waals surface area contributed by atoms with Crippen molar-refractivity contribution in [2.45, 2.75) is 19.8 Å². The van der Waals surface area contributed by atoms with Gasteiger partial charge in [-0.3, -0.25) is 4.79 Å². The van der Waals surface area contributed by atoms with Gasteiger partial charge in [0.05, 0.1) is 5.92 Å². The van der Waals surface area contributed by atoms with Crippen LogP contribution < -0.4 is 5.32 Å². The third-order valence-corrected chi connectivity index (χ3v) is 3.20. The fraction of sp³-hybridized carbons (Fsp3) is 0.462. The van der Waals surface area contributed by atoms with Crippen LogP contribution in [0.1, 0.15) is 22.6 Å². The van der Waals surface area contributed by atoms with Crippen LogP contribution in [-0.2, 0) is 4.79 Å². The summed E-state index contributed by atoms with van der Waals surface area (Å²) >= 11 is 0. The normalized spacial score (nSPS) is 24.6. The highest BCUT2D eigenvalue weighted by Gasteiger charge is 2.33. The number of hydrogen-bond donors (Lipinski definition) is 2. The highest BCUT2D eigenvalue weighted by atomic mass is 16.4. The molecule has 16 heavy (non-hydrogen) atoms. The minimum absolute atomic E-state index is 0.107. The molecule has 1 aromatic carbocycles. The van der Waals surface area contributed by atoms with Crippen molar-refractivity contribution >= 4 is 5.97 Å². The summed E-state index contributed by atoms with van der Waals surface area (Å²) in [5, 5.41) is 12.3. The van der Waals surface area contributed by atoms with Crippen molar-refractivity contribution in [1.29, 1.82) is 0 Å². The Morgan fingerprint density at radius 3 is 2.44 bits per heavy atom. The Bertz CT molecular complexity index is 394. The number of carboxylic acids is 1. The molecule has 1 heterocycles. The molecule has 0 amide bonds. The number of benzene rings is 1. The van der Waals surface area contributed by atoms with E-state index in [1.165, 1.54) is 11.1 Å². The number of aryl methyl sites for hydroxylation is 2. The molecule has 0 unspecified atom stereocenters. The molecule has 0 aliphatic carbocycles. The molecule has 1 aliphatic heterocycles. The van der Waals surface area contributed by atoms with E-state index in [0.29, 0.717) is 6.54 Å². The molecule has 0 radical (unpaired) electrons. The third kappa shape index (κ3) is 2.09. The molecule has 3 heteroatoms. The predicted octanol–water partition coefficient (Wildman–Crippen LogP) is 1.69. The van der Waals surface area contributed by atoms with Crippen LogP contribution in [0.5, 0.6) is 0 Å². The number of rotatable bonds is 2. The second kappa shape index (κ2) is 4.26. The average molecular weight is 219 g/mol. The molecule has 0 saturated carbocycles. The number of nitrogens with one attached hydrogen (secondary N) is 1. The van der Waals surface area contributed by atoms with Gasteiger partial charge in [-0.25, -0.2) is 0 Å². The van der Waals surface area contributed by atoms with Gasteiger partial charge in [-0.1, -0.05) is 29.3 Å². The zero-order valence-corrected chi connectivity index (χ0v) is 9.66. The van der Waals surface area contributed by atoms with E-state index < -0.39 is 5.97 Å². The molecule has 1 saturated heterocycles. The van der Waals surface area contributed by atoms with Gasteiger partial charge in [-0.15, -0.1) is 0 Å². The third-order valence-electron chi connectivity index (χ3n) is 3.20. The first kappa shape index (κ1) is 11.1. The molecule has 2 rings (SSSR count). The van der Waals surface area contributed by atoms with Gasteiger partial charge in [0.2, 0.25) is 0 Å². The van der Waals surface area contributed by atoms with Crippen LogP contribution in [0.2, 0.25) is 0 Å². The van der Waals surface area contributed by atoms with Crippen LogP contribution in [0, 0.1) is 19.8 Å². The first-order valence-corrected chi connectivity index (χ1v) is 5.59. The summed E-state index contributed by atoms with van der Waals surface area (Å²) in [5.74, 6) is -0.883. The lowest BCUT2D eigenvalue weighted by atomic mass is 9.87. The maximum absolute atomic E-state index is 11.1. The van der Waals surface area contributed by atoms with Crippen LogP contribution >= 0.6 is 0 Å². The Labute approximate surface area is 95.5 Å². The van der Waals surface area contributed by atoms with Crippen molar-refractivity contribution in [2.75, 3.05) is 13.1 Å². The predicted molar refractivity (Wildman–Crippen MR) is 62.7 cm³/mol. The largest absolute Gasteiger partial charge is 0.481 e. The molecule has 2 atom stereocenters. The maximum atomic E-state index is 11.1. The van der Waals surface area contributed by atoms with Gasteiger partial charge in [0.1, 0.15) is 0 Å². The highest BCUT2D eigenvalue weighted by molar-refractivity contribution is 5.72. The van der Waals surface area contributed by atoms with Gasteiger partial charge >= 0.3 is 5.97 Å². The Morgan fingerprint density at radius 2 is 1.88 bits per heavy atom. The van der Waals surface area contributed by atoms with Gasteiger partial charge in [0, 0.05) is 19.0 Å². The molecular weight excluding hydrogens is 202 g/mol. The van der Waals surface area contributed by atoms with E-state index in [4.69, 9.17) is 5.11 Å². The fourth-order valence-corrected chi connectivity index (χ4v) is 2.51. The van der Waals surface area contributed by atoms with Crippen molar-refractivity contribution in [3.63, 3.8) is 0 Å². The molecule has 3 nitrogen and oxygen atoms in total. The van der Waals surface area contributed by atoms with Gasteiger partial charge in [-0.2, -0.15) is 0 Å². The maximum Gasteiger partial charge on any atom is 0.308 e. The van der Waals surface area contributed by atoms with Gasteiger partial charge in [0.15, 0.2) is 0 Å². The van der Waals surface area contributed by atoms with Gasteiger partial charge in [-0.05, 0) is 19.4 Å². The second-order valence-corrected chi connectivity index (χ2v) is 4.63. The van der Waals surface area contributed by atoms with Crippen LogP contribution in [0.15, 0.2) is 18.2 Å². The van der Waals surface area contributed by atoms with E-state index in [2.05, 4.69) is 37.4 Å².